The normalized spacial score (nSPS) is 14.6. The number of carbonyl (C=O) groups is 7. The first-order valence-electron chi connectivity index (χ1n) is 18.3. The fourth-order valence-electron chi connectivity index (χ4n) is 5.25. The Morgan fingerprint density at radius 2 is 1.04 bits per heavy atom. The molecule has 6 atom stereocenters. The third-order valence-corrected chi connectivity index (χ3v) is 7.95. The second kappa shape index (κ2) is 24.4. The molecule has 0 unspecified atom stereocenters. The number of rotatable bonds is 24. The maximum Gasteiger partial charge on any atom is 0.243 e. The van der Waals surface area contributed by atoms with E-state index >= 15 is 0 Å². The summed E-state index contributed by atoms with van der Waals surface area (Å²) in [4.78, 5) is 98.6. The number of guanidine groups is 2. The number of nitrogens with two attached hydrogens (primary N) is 4. The van der Waals surface area contributed by atoms with Crippen molar-refractivity contribution in [3.8, 4) is 0 Å². The first-order chi connectivity index (χ1) is 25.0. The van der Waals surface area contributed by atoms with Gasteiger partial charge in [-0.2, -0.15) is 0 Å². The molecule has 0 aliphatic heterocycles. The van der Waals surface area contributed by atoms with Crippen LogP contribution in [-0.4, -0.2) is 103 Å². The Bertz CT molecular complexity index is 1320. The summed E-state index contributed by atoms with van der Waals surface area (Å²) in [5.41, 5.74) is 20.5. The molecule has 54 heavy (non-hydrogen) atoms. The Morgan fingerprint density at radius 1 is 0.593 bits per heavy atom. The zero-order chi connectivity index (χ0) is 41.8. The van der Waals surface area contributed by atoms with Crippen LogP contribution in [0.1, 0.15) is 101 Å². The summed E-state index contributed by atoms with van der Waals surface area (Å²) in [6, 6.07) is -6.17. The van der Waals surface area contributed by atoms with Gasteiger partial charge in [-0.3, -0.25) is 38.8 Å². The highest BCUT2D eigenvalue weighted by Gasteiger charge is 2.37. The molecule has 0 saturated heterocycles. The second-order valence-electron chi connectivity index (χ2n) is 15.3. The zero-order valence-corrected chi connectivity index (χ0v) is 33.4. The summed E-state index contributed by atoms with van der Waals surface area (Å²) in [6.07, 6.45) is 2.29. The summed E-state index contributed by atoms with van der Waals surface area (Å²) in [7, 11) is 0. The number of hydrogen-bond acceptors (Lipinski definition) is 9. The number of hydrogen-bond donors (Lipinski definition) is 10. The molecule has 0 aromatic carbocycles. The van der Waals surface area contributed by atoms with E-state index in [0.29, 0.717) is 19.1 Å². The molecule has 6 amide bonds. The van der Waals surface area contributed by atoms with Gasteiger partial charge in [-0.15, -0.1) is 0 Å². The van der Waals surface area contributed by atoms with Crippen molar-refractivity contribution in [3.63, 3.8) is 0 Å². The summed E-state index contributed by atoms with van der Waals surface area (Å²) in [5, 5.41) is 16.0. The molecule has 0 fully saturated rings. The molecule has 0 heterocycles. The first kappa shape index (κ1) is 49.0. The molecular weight excluding hydrogens is 700 g/mol. The van der Waals surface area contributed by atoms with Crippen molar-refractivity contribution in [2.45, 2.75) is 137 Å². The second-order valence-corrected chi connectivity index (χ2v) is 15.3. The fourth-order valence-corrected chi connectivity index (χ4v) is 5.25. The van der Waals surface area contributed by atoms with Crippen LogP contribution in [0, 0.1) is 17.3 Å². The third kappa shape index (κ3) is 20.9. The van der Waals surface area contributed by atoms with Gasteiger partial charge >= 0.3 is 0 Å². The molecule has 0 rings (SSSR count). The van der Waals surface area contributed by atoms with E-state index in [2.05, 4.69) is 41.9 Å². The van der Waals surface area contributed by atoms with Gasteiger partial charge in [0.05, 0.1) is 6.04 Å². The molecule has 0 saturated carbocycles. The number of aldehydes is 1. The van der Waals surface area contributed by atoms with Crippen LogP contribution in [0.2, 0.25) is 0 Å². The lowest BCUT2D eigenvalue weighted by Crippen LogP contribution is -2.61. The van der Waals surface area contributed by atoms with E-state index in [1.165, 1.54) is 13.8 Å². The van der Waals surface area contributed by atoms with Crippen LogP contribution in [0.3, 0.4) is 0 Å². The lowest BCUT2D eigenvalue weighted by molar-refractivity contribution is -0.137. The van der Waals surface area contributed by atoms with Crippen molar-refractivity contribution in [2.24, 2.45) is 50.2 Å². The van der Waals surface area contributed by atoms with Gasteiger partial charge in [0.15, 0.2) is 11.9 Å². The van der Waals surface area contributed by atoms with Crippen LogP contribution < -0.4 is 54.8 Å². The van der Waals surface area contributed by atoms with Gasteiger partial charge in [-0.05, 0) is 62.7 Å². The van der Waals surface area contributed by atoms with E-state index in [1.807, 2.05) is 27.7 Å². The summed E-state index contributed by atoms with van der Waals surface area (Å²) in [6.45, 7) is 15.9. The highest BCUT2D eigenvalue weighted by Crippen LogP contribution is 2.20. The van der Waals surface area contributed by atoms with Crippen molar-refractivity contribution in [1.29, 1.82) is 0 Å². The van der Waals surface area contributed by atoms with Crippen molar-refractivity contribution in [2.75, 3.05) is 13.1 Å². The van der Waals surface area contributed by atoms with Crippen LogP contribution in [0.4, 0.5) is 0 Å². The molecule has 308 valence electrons. The number of amides is 6. The Hall–Kier alpha value is -4.97. The average Bonchev–Trinajstić information content (AvgIpc) is 3.03. The smallest absolute Gasteiger partial charge is 0.243 e. The largest absolute Gasteiger partial charge is 0.370 e. The van der Waals surface area contributed by atoms with Gasteiger partial charge in [-0.25, -0.2) is 0 Å². The maximum absolute atomic E-state index is 13.8. The van der Waals surface area contributed by atoms with E-state index in [4.69, 9.17) is 22.9 Å². The molecule has 0 aliphatic rings. The molecular formula is C35H66N12O7. The Morgan fingerprint density at radius 3 is 1.44 bits per heavy atom. The minimum atomic E-state index is -1.14. The summed E-state index contributed by atoms with van der Waals surface area (Å²) < 4.78 is 0. The molecule has 0 radical (unpaired) electrons. The highest BCUT2D eigenvalue weighted by molar-refractivity contribution is 5.96. The van der Waals surface area contributed by atoms with Crippen LogP contribution in [0.5, 0.6) is 0 Å². The minimum absolute atomic E-state index is 0.0424. The fraction of sp³-hybridized carbons (Fsp3) is 0.743. The number of carbonyl (C=O) groups excluding carboxylic acids is 7. The Balaban J connectivity index is 5.97. The molecule has 19 heteroatoms. The van der Waals surface area contributed by atoms with E-state index in [0.717, 1.165) is 0 Å². The third-order valence-electron chi connectivity index (χ3n) is 7.95. The van der Waals surface area contributed by atoms with Crippen LogP contribution in [0.25, 0.3) is 0 Å². The summed E-state index contributed by atoms with van der Waals surface area (Å²) >= 11 is 0. The Kier molecular flexibility index (Phi) is 22.1. The van der Waals surface area contributed by atoms with Crippen molar-refractivity contribution in [3.05, 3.63) is 0 Å². The molecule has 0 aromatic heterocycles. The van der Waals surface area contributed by atoms with E-state index in [-0.39, 0.29) is 62.5 Å². The number of nitrogens with one attached hydrogen (secondary N) is 6. The monoisotopic (exact) mass is 767 g/mol. The zero-order valence-electron chi connectivity index (χ0n) is 33.4. The van der Waals surface area contributed by atoms with Crippen molar-refractivity contribution >= 4 is 53.6 Å². The van der Waals surface area contributed by atoms with Gasteiger partial charge in [0, 0.05) is 20.0 Å². The molecule has 0 aliphatic carbocycles. The topological polar surface area (TPSA) is 320 Å². The van der Waals surface area contributed by atoms with Gasteiger partial charge in [0.2, 0.25) is 35.4 Å². The Labute approximate surface area is 319 Å². The number of nitrogens with zero attached hydrogens (tertiary/aromatic N) is 2. The van der Waals surface area contributed by atoms with E-state index in [1.54, 1.807) is 20.8 Å². The van der Waals surface area contributed by atoms with Crippen LogP contribution in [0.15, 0.2) is 9.98 Å². The highest BCUT2D eigenvalue weighted by atomic mass is 16.2. The maximum atomic E-state index is 13.8. The molecule has 14 N–H and O–H groups in total. The lowest BCUT2D eigenvalue weighted by atomic mass is 9.85. The molecule has 0 bridgehead atoms. The lowest BCUT2D eigenvalue weighted by Gasteiger charge is -2.33. The van der Waals surface area contributed by atoms with E-state index in [9.17, 15) is 33.6 Å². The molecule has 0 aromatic rings. The molecule has 0 spiro atoms. The average molecular weight is 767 g/mol. The predicted molar refractivity (Wildman–Crippen MR) is 207 cm³/mol. The summed E-state index contributed by atoms with van der Waals surface area (Å²) in [5.74, 6) is -3.86. The van der Waals surface area contributed by atoms with Gasteiger partial charge in [0.25, 0.3) is 0 Å². The predicted octanol–water partition coefficient (Wildman–Crippen LogP) is -1.62. The van der Waals surface area contributed by atoms with Crippen molar-refractivity contribution < 1.29 is 33.6 Å². The first-order valence-corrected chi connectivity index (χ1v) is 18.3. The minimum Gasteiger partial charge on any atom is -0.370 e. The van der Waals surface area contributed by atoms with Crippen LogP contribution >= 0.6 is 0 Å². The van der Waals surface area contributed by atoms with Gasteiger partial charge in [-0.1, -0.05) is 48.5 Å². The van der Waals surface area contributed by atoms with Crippen molar-refractivity contribution in [1.82, 2.24) is 31.9 Å². The quantitative estimate of drug-likeness (QED) is 0.0230. The van der Waals surface area contributed by atoms with E-state index < -0.39 is 77.1 Å². The van der Waals surface area contributed by atoms with Gasteiger partial charge in [0.1, 0.15) is 36.5 Å². The standard InChI is InChI=1S/C35H66N12O7/c1-19(2)16-25(45-29(51)24(43-22(6)49)13-11-15-41-34(38)39)30(52)46-26(17-20(3)4)31(53)47-27(35(7,8)9)32(54)42-21(5)28(50)44-23(18-48)12-10-14-40-33(36)37/h18-21,23-27H,10-17H2,1-9H3,(H,42,54)(H,43,49)(H,44,50)(H,45,51)(H,46,52)(H,47,53)(H4,36,37,40)(H4,38,39,41)/t21-,23-,24-,25-,26-,27+/m0/s1. The van der Waals surface area contributed by atoms with Crippen LogP contribution in [-0.2, 0) is 33.6 Å². The SMILES string of the molecule is CC(=O)N[C@@H](CCCN=C(N)N)C(=O)N[C@@H](CC(C)C)C(=O)N[C@@H](CC(C)C)C(=O)N[C@H](C(=O)N[C@@H](C)C(=O)N[C@H](C=O)CCCN=C(N)N)C(C)(C)C. The number of aliphatic imine (C=N–C) groups is 2. The van der Waals surface area contributed by atoms with Gasteiger partial charge < -0.3 is 59.6 Å². The molecule has 19 nitrogen and oxygen atoms in total.